The predicted octanol–water partition coefficient (Wildman–Crippen LogP) is 8.29. The third kappa shape index (κ3) is 7.95. The molecule has 2 amide bonds. The Morgan fingerprint density at radius 3 is 2.02 bits per heavy atom. The van der Waals surface area contributed by atoms with Crippen LogP contribution in [0.3, 0.4) is 0 Å². The van der Waals surface area contributed by atoms with Crippen molar-refractivity contribution in [3.63, 3.8) is 0 Å². The Labute approximate surface area is 275 Å². The van der Waals surface area contributed by atoms with E-state index in [1.54, 1.807) is 0 Å². The molecule has 0 spiro atoms. The predicted molar refractivity (Wildman–Crippen MR) is 182 cm³/mol. The number of nitrogens with zero attached hydrogens (tertiary/aromatic N) is 5. The van der Waals surface area contributed by atoms with E-state index in [9.17, 15) is 4.79 Å². The first-order valence-electron chi connectivity index (χ1n) is 15.3. The van der Waals surface area contributed by atoms with Crippen LogP contribution >= 0.6 is 23.2 Å². The largest absolute Gasteiger partial charge is 0.337 e. The minimum Gasteiger partial charge on any atom is -0.337 e. The molecule has 0 saturated carbocycles. The van der Waals surface area contributed by atoms with Gasteiger partial charge in [-0.3, -0.25) is 4.90 Å². The number of hydrogen-bond acceptors (Lipinski definition) is 3. The first-order chi connectivity index (χ1) is 21.9. The van der Waals surface area contributed by atoms with Gasteiger partial charge in [0.05, 0.1) is 12.0 Å². The van der Waals surface area contributed by atoms with Gasteiger partial charge in [0.1, 0.15) is 0 Å². The second-order valence-corrected chi connectivity index (χ2v) is 12.6. The van der Waals surface area contributed by atoms with Crippen LogP contribution in [0.5, 0.6) is 0 Å². The molecule has 1 saturated heterocycles. The lowest BCUT2D eigenvalue weighted by Crippen LogP contribution is -2.43. The number of imidazole rings is 1. The van der Waals surface area contributed by atoms with Crippen LogP contribution in [0.4, 0.5) is 4.79 Å². The lowest BCUT2D eigenvalue weighted by atomic mass is 10.0. The molecule has 1 aliphatic rings. The van der Waals surface area contributed by atoms with Crippen molar-refractivity contribution in [2.45, 2.75) is 38.6 Å². The minimum absolute atomic E-state index is 0.0187. The number of carbonyl (C=O) groups is 1. The number of hydrogen-bond donors (Lipinski definition) is 0. The number of aromatic nitrogens is 2. The highest BCUT2D eigenvalue weighted by Crippen LogP contribution is 2.26. The van der Waals surface area contributed by atoms with Crippen LogP contribution in [-0.4, -0.2) is 49.4 Å². The van der Waals surface area contributed by atoms with Gasteiger partial charge in [0.15, 0.2) is 0 Å². The fourth-order valence-electron chi connectivity index (χ4n) is 6.04. The van der Waals surface area contributed by atoms with Gasteiger partial charge < -0.3 is 14.4 Å². The maximum absolute atomic E-state index is 14.1. The zero-order valence-corrected chi connectivity index (χ0v) is 26.9. The molecule has 45 heavy (non-hydrogen) atoms. The first-order valence-corrected chi connectivity index (χ1v) is 16.0. The summed E-state index contributed by atoms with van der Waals surface area (Å²) in [5.41, 5.74) is 6.78. The van der Waals surface area contributed by atoms with Gasteiger partial charge in [-0.25, -0.2) is 9.78 Å². The van der Waals surface area contributed by atoms with Crippen molar-refractivity contribution in [2.75, 3.05) is 13.1 Å². The monoisotopic (exact) mass is 637 g/mol. The van der Waals surface area contributed by atoms with E-state index in [0.717, 1.165) is 36.3 Å². The van der Waals surface area contributed by atoms with Gasteiger partial charge in [-0.05, 0) is 58.5 Å². The third-order valence-corrected chi connectivity index (χ3v) is 8.94. The van der Waals surface area contributed by atoms with Crippen LogP contribution in [0.15, 0.2) is 116 Å². The maximum Gasteiger partial charge on any atom is 0.320 e. The fourth-order valence-corrected chi connectivity index (χ4v) is 6.47. The zero-order valence-electron chi connectivity index (χ0n) is 25.4. The second kappa shape index (κ2) is 14.3. The molecule has 0 bridgehead atoms. The molecule has 0 aliphatic carbocycles. The number of urea groups is 1. The van der Waals surface area contributed by atoms with Crippen molar-refractivity contribution < 1.29 is 4.79 Å². The van der Waals surface area contributed by atoms with Crippen molar-refractivity contribution in [2.24, 2.45) is 7.05 Å². The Morgan fingerprint density at radius 2 is 1.42 bits per heavy atom. The summed E-state index contributed by atoms with van der Waals surface area (Å²) in [5, 5.41) is 1.32. The van der Waals surface area contributed by atoms with E-state index in [0.29, 0.717) is 36.2 Å². The SMILES string of the molecule is Cn1cncc1CN(Cc1ccc(-c2ccccc2)cc1)[C@H]1CCN(C(=O)N(Cc2cccc(Cl)c2)Cc2cccc(Cl)c2)C1. The molecule has 4 aromatic carbocycles. The molecule has 6 rings (SSSR count). The Morgan fingerprint density at radius 1 is 0.778 bits per heavy atom. The lowest BCUT2D eigenvalue weighted by Gasteiger charge is -2.31. The average molecular weight is 639 g/mol. The first kappa shape index (κ1) is 30.9. The highest BCUT2D eigenvalue weighted by atomic mass is 35.5. The van der Waals surface area contributed by atoms with Crippen molar-refractivity contribution in [1.82, 2.24) is 24.3 Å². The number of likely N-dealkylation sites (tertiary alicyclic amines) is 1. The van der Waals surface area contributed by atoms with E-state index in [1.807, 2.05) is 84.0 Å². The summed E-state index contributed by atoms with van der Waals surface area (Å²) in [6.07, 6.45) is 4.67. The summed E-state index contributed by atoms with van der Waals surface area (Å²) in [4.78, 5) is 24.9. The minimum atomic E-state index is 0.0187. The quantitative estimate of drug-likeness (QED) is 0.155. The molecule has 6 nitrogen and oxygen atoms in total. The molecule has 8 heteroatoms. The summed E-state index contributed by atoms with van der Waals surface area (Å²) in [6.45, 7) is 3.79. The van der Waals surface area contributed by atoms with Crippen LogP contribution in [-0.2, 0) is 33.2 Å². The molecule has 0 unspecified atom stereocenters. The summed E-state index contributed by atoms with van der Waals surface area (Å²) in [6, 6.07) is 34.9. The van der Waals surface area contributed by atoms with Crippen LogP contribution in [0.1, 0.15) is 28.8 Å². The maximum atomic E-state index is 14.1. The number of rotatable bonds is 10. The molecule has 1 atom stereocenters. The average Bonchev–Trinajstić information content (AvgIpc) is 3.70. The summed E-state index contributed by atoms with van der Waals surface area (Å²) in [7, 11) is 2.03. The topological polar surface area (TPSA) is 44.6 Å². The molecule has 0 radical (unpaired) electrons. The highest BCUT2D eigenvalue weighted by Gasteiger charge is 2.33. The van der Waals surface area contributed by atoms with Crippen molar-refractivity contribution in [3.05, 3.63) is 148 Å². The van der Waals surface area contributed by atoms with Crippen molar-refractivity contribution in [1.29, 1.82) is 0 Å². The van der Waals surface area contributed by atoms with E-state index in [2.05, 4.69) is 63.0 Å². The number of aryl methyl sites for hydroxylation is 1. The molecule has 1 fully saturated rings. The molecular formula is C37H37Cl2N5O. The number of carbonyl (C=O) groups excluding carboxylic acids is 1. The van der Waals surface area contributed by atoms with E-state index < -0.39 is 0 Å². The van der Waals surface area contributed by atoms with E-state index in [-0.39, 0.29) is 12.1 Å². The summed E-state index contributed by atoms with van der Waals surface area (Å²) in [5.74, 6) is 0. The molecule has 1 aromatic heterocycles. The van der Waals surface area contributed by atoms with Gasteiger partial charge in [0.25, 0.3) is 0 Å². The van der Waals surface area contributed by atoms with E-state index in [4.69, 9.17) is 23.2 Å². The molecule has 0 N–H and O–H groups in total. The van der Waals surface area contributed by atoms with Crippen LogP contribution in [0.2, 0.25) is 10.0 Å². The lowest BCUT2D eigenvalue weighted by molar-refractivity contribution is 0.143. The Hall–Kier alpha value is -4.10. The van der Waals surface area contributed by atoms with E-state index in [1.165, 1.54) is 16.7 Å². The standard InChI is InChI=1S/C37H37Cl2N5O/c1-41-27-40-21-36(41)26-43(22-28-13-15-32(16-14-28)31-9-3-2-4-10-31)35-17-18-42(25-35)37(45)44(23-29-7-5-11-33(38)19-29)24-30-8-6-12-34(39)20-30/h2-16,19-21,27,35H,17-18,22-26H2,1H3/t35-/m0/s1. The van der Waals surface area contributed by atoms with Gasteiger partial charge in [0, 0.05) is 68.6 Å². The molecule has 230 valence electrons. The Kier molecular flexibility index (Phi) is 9.84. The number of halogens is 2. The molecule has 1 aliphatic heterocycles. The van der Waals surface area contributed by atoms with Crippen LogP contribution in [0.25, 0.3) is 11.1 Å². The smallest absolute Gasteiger partial charge is 0.320 e. The van der Waals surface area contributed by atoms with Gasteiger partial charge in [-0.2, -0.15) is 0 Å². The van der Waals surface area contributed by atoms with Gasteiger partial charge in [-0.1, -0.05) is 102 Å². The van der Waals surface area contributed by atoms with Gasteiger partial charge >= 0.3 is 6.03 Å². The Bertz CT molecular complexity index is 1680. The molecular weight excluding hydrogens is 601 g/mol. The van der Waals surface area contributed by atoms with Crippen LogP contribution < -0.4 is 0 Å². The normalized spacial score (nSPS) is 14.7. The Balaban J connectivity index is 1.20. The van der Waals surface area contributed by atoms with Gasteiger partial charge in [-0.15, -0.1) is 0 Å². The highest BCUT2D eigenvalue weighted by molar-refractivity contribution is 6.30. The summed E-state index contributed by atoms with van der Waals surface area (Å²) >= 11 is 12.6. The number of benzene rings is 4. The van der Waals surface area contributed by atoms with Crippen molar-refractivity contribution in [3.8, 4) is 11.1 Å². The van der Waals surface area contributed by atoms with Gasteiger partial charge in [0.2, 0.25) is 0 Å². The van der Waals surface area contributed by atoms with Crippen molar-refractivity contribution >= 4 is 29.2 Å². The second-order valence-electron chi connectivity index (χ2n) is 11.8. The molecule has 2 heterocycles. The zero-order chi connectivity index (χ0) is 31.2. The summed E-state index contributed by atoms with van der Waals surface area (Å²) < 4.78 is 2.07. The van der Waals surface area contributed by atoms with E-state index >= 15 is 0 Å². The fraction of sp³-hybridized carbons (Fsp3) is 0.243. The third-order valence-electron chi connectivity index (χ3n) is 8.47. The van der Waals surface area contributed by atoms with Crippen LogP contribution in [0, 0.1) is 0 Å². The number of amides is 2. The molecule has 5 aromatic rings.